The molecule has 27 heavy (non-hydrogen) atoms. The van der Waals surface area contributed by atoms with E-state index < -0.39 is 5.97 Å². The summed E-state index contributed by atoms with van der Waals surface area (Å²) in [4.78, 5) is 29.2. The smallest absolute Gasteiger partial charge is 0.358 e. The van der Waals surface area contributed by atoms with Gasteiger partial charge >= 0.3 is 5.97 Å². The zero-order valence-corrected chi connectivity index (χ0v) is 17.6. The molecular weight excluding hydrogens is 344 g/mol. The largest absolute Gasteiger partial charge is 0.496 e. The molecule has 0 atom stereocenters. The number of carbonyl (C=O) groups excluding carboxylic acids is 2. The second-order valence-corrected chi connectivity index (χ2v) is 8.56. The standard InChI is InChI=1S/C21H32N2O4/c1-14(21(6,7)13-20(3,4)5)12-18(24)22-23-27-19(25)16-10-9-11-17(26-8)15(16)2/h9-12,23H,13H2,1-8H3,(H,22,24). The summed E-state index contributed by atoms with van der Waals surface area (Å²) in [5, 5.41) is 0. The number of ether oxygens (including phenoxy) is 1. The minimum Gasteiger partial charge on any atom is -0.496 e. The predicted molar refractivity (Wildman–Crippen MR) is 106 cm³/mol. The van der Waals surface area contributed by atoms with Crippen molar-refractivity contribution in [3.05, 3.63) is 41.0 Å². The minimum absolute atomic E-state index is 0.121. The Morgan fingerprint density at radius 2 is 1.78 bits per heavy atom. The van der Waals surface area contributed by atoms with Gasteiger partial charge in [-0.3, -0.25) is 10.2 Å². The van der Waals surface area contributed by atoms with Crippen LogP contribution in [0.15, 0.2) is 29.8 Å². The highest BCUT2D eigenvalue weighted by atomic mass is 16.7. The van der Waals surface area contributed by atoms with Crippen LogP contribution in [0.4, 0.5) is 0 Å². The molecule has 6 heteroatoms. The summed E-state index contributed by atoms with van der Waals surface area (Å²) in [6.45, 7) is 14.4. The number of allylic oxidation sites excluding steroid dienone is 1. The number of hydrogen-bond acceptors (Lipinski definition) is 5. The molecule has 1 aromatic rings. The Kier molecular flexibility index (Phi) is 7.60. The molecule has 0 fully saturated rings. The maximum absolute atomic E-state index is 12.1. The zero-order chi connectivity index (χ0) is 20.8. The van der Waals surface area contributed by atoms with Crippen LogP contribution in [0.2, 0.25) is 0 Å². The van der Waals surface area contributed by atoms with Crippen molar-refractivity contribution in [1.29, 1.82) is 0 Å². The summed E-state index contributed by atoms with van der Waals surface area (Å²) < 4.78 is 5.18. The van der Waals surface area contributed by atoms with Crippen LogP contribution in [0.1, 0.15) is 63.9 Å². The van der Waals surface area contributed by atoms with Crippen LogP contribution in [0.5, 0.6) is 5.75 Å². The number of nitrogens with one attached hydrogen (secondary N) is 2. The Morgan fingerprint density at radius 1 is 1.15 bits per heavy atom. The van der Waals surface area contributed by atoms with Gasteiger partial charge < -0.3 is 9.57 Å². The molecule has 0 aliphatic carbocycles. The number of hydrogen-bond donors (Lipinski definition) is 2. The summed E-state index contributed by atoms with van der Waals surface area (Å²) in [5.74, 6) is -0.404. The molecule has 0 heterocycles. The van der Waals surface area contributed by atoms with Gasteiger partial charge in [-0.1, -0.05) is 51.8 Å². The SMILES string of the molecule is COc1cccc(C(=O)ONNC(=O)C=C(C)C(C)(C)CC(C)(C)C)c1C. The summed E-state index contributed by atoms with van der Waals surface area (Å²) in [5.41, 5.74) is 6.58. The molecule has 0 unspecified atom stereocenters. The molecule has 0 aromatic heterocycles. The summed E-state index contributed by atoms with van der Waals surface area (Å²) >= 11 is 0. The van der Waals surface area contributed by atoms with Crippen LogP contribution in [0, 0.1) is 17.8 Å². The first-order valence-electron chi connectivity index (χ1n) is 8.96. The quantitative estimate of drug-likeness (QED) is 0.553. The normalized spacial score (nSPS) is 12.5. The van der Waals surface area contributed by atoms with E-state index in [1.165, 1.54) is 13.2 Å². The van der Waals surface area contributed by atoms with Gasteiger partial charge in [0.05, 0.1) is 12.7 Å². The van der Waals surface area contributed by atoms with E-state index in [-0.39, 0.29) is 16.7 Å². The minimum atomic E-state index is -0.611. The van der Waals surface area contributed by atoms with E-state index in [0.717, 1.165) is 12.0 Å². The van der Waals surface area contributed by atoms with Crippen molar-refractivity contribution < 1.29 is 19.2 Å². The van der Waals surface area contributed by atoms with Gasteiger partial charge in [0.15, 0.2) is 0 Å². The lowest BCUT2D eigenvalue weighted by atomic mass is 9.72. The van der Waals surface area contributed by atoms with Crippen molar-refractivity contribution >= 4 is 11.9 Å². The van der Waals surface area contributed by atoms with Crippen LogP contribution in [-0.2, 0) is 9.63 Å². The fraction of sp³-hybridized carbons (Fsp3) is 0.524. The molecule has 0 aliphatic rings. The lowest BCUT2D eigenvalue weighted by molar-refractivity contribution is -0.120. The van der Waals surface area contributed by atoms with Crippen molar-refractivity contribution in [2.45, 2.75) is 54.9 Å². The summed E-state index contributed by atoms with van der Waals surface area (Å²) in [6.07, 6.45) is 2.45. The average Bonchev–Trinajstić information content (AvgIpc) is 2.52. The molecular formula is C21H32N2O4. The molecule has 1 rings (SSSR count). The van der Waals surface area contributed by atoms with E-state index in [9.17, 15) is 9.59 Å². The van der Waals surface area contributed by atoms with Gasteiger partial charge in [-0.15, -0.1) is 0 Å². The van der Waals surface area contributed by atoms with Crippen molar-refractivity contribution in [2.24, 2.45) is 10.8 Å². The first kappa shape index (κ1) is 22.7. The van der Waals surface area contributed by atoms with Crippen molar-refractivity contribution in [1.82, 2.24) is 11.0 Å². The first-order chi connectivity index (χ1) is 12.4. The molecule has 0 bridgehead atoms. The van der Waals surface area contributed by atoms with Crippen molar-refractivity contribution in [2.75, 3.05) is 7.11 Å². The van der Waals surface area contributed by atoms with Crippen LogP contribution in [-0.4, -0.2) is 19.0 Å². The average molecular weight is 376 g/mol. The number of methoxy groups -OCH3 is 1. The van der Waals surface area contributed by atoms with E-state index in [2.05, 4.69) is 45.6 Å². The van der Waals surface area contributed by atoms with E-state index in [4.69, 9.17) is 9.57 Å². The molecule has 150 valence electrons. The highest BCUT2D eigenvalue weighted by molar-refractivity contribution is 5.92. The topological polar surface area (TPSA) is 76.7 Å². The molecule has 1 aromatic carbocycles. The number of amides is 1. The second kappa shape index (κ2) is 9.04. The zero-order valence-electron chi connectivity index (χ0n) is 17.6. The van der Waals surface area contributed by atoms with Crippen molar-refractivity contribution in [3.63, 3.8) is 0 Å². The highest BCUT2D eigenvalue weighted by Crippen LogP contribution is 2.38. The van der Waals surface area contributed by atoms with Gasteiger partial charge in [0.25, 0.3) is 5.91 Å². The van der Waals surface area contributed by atoms with Gasteiger partial charge in [0.1, 0.15) is 5.75 Å². The van der Waals surface area contributed by atoms with Crippen LogP contribution >= 0.6 is 0 Å². The Hall–Kier alpha value is -2.34. The number of benzene rings is 1. The maximum atomic E-state index is 12.1. The van der Waals surface area contributed by atoms with Crippen LogP contribution < -0.4 is 15.8 Å². The molecule has 0 saturated carbocycles. The summed E-state index contributed by atoms with van der Waals surface area (Å²) in [7, 11) is 1.53. The van der Waals surface area contributed by atoms with E-state index in [1.54, 1.807) is 25.1 Å². The lowest BCUT2D eigenvalue weighted by Gasteiger charge is -2.33. The van der Waals surface area contributed by atoms with Gasteiger partial charge in [0, 0.05) is 11.6 Å². The third-order valence-electron chi connectivity index (χ3n) is 4.43. The molecule has 6 nitrogen and oxygen atoms in total. The fourth-order valence-corrected chi connectivity index (χ4v) is 3.13. The number of hydrazine groups is 1. The number of rotatable bonds is 7. The van der Waals surface area contributed by atoms with Crippen LogP contribution in [0.25, 0.3) is 0 Å². The first-order valence-corrected chi connectivity index (χ1v) is 8.96. The predicted octanol–water partition coefficient (Wildman–Crippen LogP) is 4.10. The molecule has 2 N–H and O–H groups in total. The van der Waals surface area contributed by atoms with E-state index in [0.29, 0.717) is 16.9 Å². The number of carbonyl (C=O) groups is 2. The molecule has 0 spiro atoms. The van der Waals surface area contributed by atoms with E-state index in [1.807, 2.05) is 6.92 Å². The van der Waals surface area contributed by atoms with Gasteiger partial charge in [-0.25, -0.2) is 4.79 Å². The van der Waals surface area contributed by atoms with E-state index >= 15 is 0 Å². The Balaban J connectivity index is 2.64. The van der Waals surface area contributed by atoms with Gasteiger partial charge in [0.2, 0.25) is 0 Å². The Bertz CT molecular complexity index is 715. The highest BCUT2D eigenvalue weighted by Gasteiger charge is 2.27. The Morgan fingerprint density at radius 3 is 2.33 bits per heavy atom. The lowest BCUT2D eigenvalue weighted by Crippen LogP contribution is -2.38. The van der Waals surface area contributed by atoms with Crippen molar-refractivity contribution in [3.8, 4) is 5.75 Å². The molecule has 0 saturated heterocycles. The third kappa shape index (κ3) is 7.06. The van der Waals surface area contributed by atoms with Crippen LogP contribution in [0.3, 0.4) is 0 Å². The fourth-order valence-electron chi connectivity index (χ4n) is 3.13. The van der Waals surface area contributed by atoms with Gasteiger partial charge in [-0.2, -0.15) is 0 Å². The molecule has 0 radical (unpaired) electrons. The molecule has 0 aliphatic heterocycles. The monoisotopic (exact) mass is 376 g/mol. The maximum Gasteiger partial charge on any atom is 0.358 e. The molecule has 1 amide bonds. The Labute approximate surface area is 162 Å². The summed E-state index contributed by atoms with van der Waals surface area (Å²) in [6, 6.07) is 5.08. The second-order valence-electron chi connectivity index (χ2n) is 8.56. The van der Waals surface area contributed by atoms with Gasteiger partial charge in [-0.05, 0) is 43.2 Å². The third-order valence-corrected chi connectivity index (χ3v) is 4.43.